The van der Waals surface area contributed by atoms with Crippen LogP contribution < -0.4 is 10.6 Å². The molecule has 2 N–H and O–H groups in total. The van der Waals surface area contributed by atoms with E-state index in [4.69, 9.17) is 0 Å². The van der Waals surface area contributed by atoms with Gasteiger partial charge in [-0.15, -0.1) is 0 Å². The van der Waals surface area contributed by atoms with Crippen molar-refractivity contribution in [3.63, 3.8) is 0 Å². The highest BCUT2D eigenvalue weighted by Gasteiger charge is 2.54. The summed E-state index contributed by atoms with van der Waals surface area (Å²) in [6.45, 7) is 10.2. The van der Waals surface area contributed by atoms with E-state index in [-0.39, 0.29) is 0 Å². The Morgan fingerprint density at radius 2 is 2.08 bits per heavy atom. The van der Waals surface area contributed by atoms with Crippen LogP contribution in [0.5, 0.6) is 0 Å². The first-order valence-corrected chi connectivity index (χ1v) is 9.87. The van der Waals surface area contributed by atoms with Crippen LogP contribution >= 0.6 is 0 Å². The summed E-state index contributed by atoms with van der Waals surface area (Å²) in [7, 11) is 1.89. The van der Waals surface area contributed by atoms with E-state index in [9.17, 15) is 0 Å². The monoisotopic (exact) mass is 340 g/mol. The van der Waals surface area contributed by atoms with Crippen LogP contribution in [-0.4, -0.2) is 49.6 Å². The van der Waals surface area contributed by atoms with Crippen LogP contribution in [0.4, 0.5) is 0 Å². The van der Waals surface area contributed by atoms with Gasteiger partial charge in [0, 0.05) is 38.8 Å². The van der Waals surface area contributed by atoms with Crippen LogP contribution in [0.25, 0.3) is 0 Å². The van der Waals surface area contributed by atoms with Gasteiger partial charge in [0.05, 0.1) is 0 Å². The molecule has 0 spiro atoms. The molecule has 4 nitrogen and oxygen atoms in total. The number of likely N-dealkylation sites (tertiary alicyclic amines) is 1. The molecule has 4 rings (SSSR count). The second-order valence-electron chi connectivity index (χ2n) is 8.49. The number of nitrogens with one attached hydrogen (secondary N) is 2. The van der Waals surface area contributed by atoms with Gasteiger partial charge in [0.1, 0.15) is 0 Å². The Kier molecular flexibility index (Phi) is 4.48. The average molecular weight is 341 g/mol. The molecule has 1 aliphatic heterocycles. The zero-order valence-corrected chi connectivity index (χ0v) is 16.0. The van der Waals surface area contributed by atoms with Crippen molar-refractivity contribution in [1.82, 2.24) is 15.5 Å². The van der Waals surface area contributed by atoms with E-state index in [0.717, 1.165) is 36.8 Å². The number of hydrogen-bond donors (Lipinski definition) is 2. The summed E-state index contributed by atoms with van der Waals surface area (Å²) in [5.74, 6) is 4.05. The molecule has 0 radical (unpaired) electrons. The van der Waals surface area contributed by atoms with E-state index in [1.54, 1.807) is 11.1 Å². The third-order valence-corrected chi connectivity index (χ3v) is 6.62. The van der Waals surface area contributed by atoms with Crippen LogP contribution in [-0.2, 0) is 6.42 Å². The topological polar surface area (TPSA) is 39.7 Å². The van der Waals surface area contributed by atoms with Gasteiger partial charge in [-0.1, -0.05) is 31.2 Å². The summed E-state index contributed by atoms with van der Waals surface area (Å²) in [5.41, 5.74) is 3.17. The average Bonchev–Trinajstić information content (AvgIpc) is 2.95. The lowest BCUT2D eigenvalue weighted by atomic mass is 10.0. The molecule has 1 aromatic carbocycles. The minimum absolute atomic E-state index is 0.494. The molecule has 0 amide bonds. The van der Waals surface area contributed by atoms with E-state index in [0.29, 0.717) is 18.0 Å². The van der Waals surface area contributed by atoms with Gasteiger partial charge in [0.15, 0.2) is 5.96 Å². The van der Waals surface area contributed by atoms with Crippen molar-refractivity contribution in [2.24, 2.45) is 22.7 Å². The van der Waals surface area contributed by atoms with Gasteiger partial charge in [0.25, 0.3) is 0 Å². The lowest BCUT2D eigenvalue weighted by molar-refractivity contribution is 0.265. The molecule has 2 fully saturated rings. The van der Waals surface area contributed by atoms with Crippen LogP contribution in [0, 0.1) is 17.8 Å². The Morgan fingerprint density at radius 1 is 1.28 bits per heavy atom. The largest absolute Gasteiger partial charge is 0.356 e. The maximum atomic E-state index is 4.47. The molecule has 0 aromatic heterocycles. The van der Waals surface area contributed by atoms with Crippen molar-refractivity contribution >= 4 is 5.96 Å². The first-order valence-electron chi connectivity index (χ1n) is 9.87. The number of guanidine groups is 1. The van der Waals surface area contributed by atoms with E-state index in [1.807, 2.05) is 7.05 Å². The second kappa shape index (κ2) is 6.64. The van der Waals surface area contributed by atoms with E-state index >= 15 is 0 Å². The van der Waals surface area contributed by atoms with Gasteiger partial charge in [-0.2, -0.15) is 0 Å². The molecule has 1 aromatic rings. The van der Waals surface area contributed by atoms with Crippen molar-refractivity contribution in [3.8, 4) is 0 Å². The third-order valence-electron chi connectivity index (χ3n) is 6.62. The van der Waals surface area contributed by atoms with E-state index in [2.05, 4.69) is 65.6 Å². The molecule has 2 aliphatic carbocycles. The highest BCUT2D eigenvalue weighted by Crippen LogP contribution is 2.60. The number of hydrogen-bond acceptors (Lipinski definition) is 2. The van der Waals surface area contributed by atoms with Crippen LogP contribution in [0.15, 0.2) is 29.3 Å². The van der Waals surface area contributed by atoms with Gasteiger partial charge < -0.3 is 10.6 Å². The molecular weight excluding hydrogens is 308 g/mol. The zero-order chi connectivity index (χ0) is 17.6. The minimum Gasteiger partial charge on any atom is -0.356 e. The predicted molar refractivity (Wildman–Crippen MR) is 104 cm³/mol. The molecule has 5 atom stereocenters. The Bertz CT molecular complexity index is 653. The Morgan fingerprint density at radius 3 is 2.80 bits per heavy atom. The van der Waals surface area contributed by atoms with Crippen LogP contribution in [0.2, 0.25) is 0 Å². The minimum atomic E-state index is 0.494. The molecular formula is C21H32N4. The molecule has 0 bridgehead atoms. The van der Waals surface area contributed by atoms with Crippen molar-refractivity contribution < 1.29 is 0 Å². The lowest BCUT2D eigenvalue weighted by Crippen LogP contribution is -2.47. The smallest absolute Gasteiger partial charge is 0.191 e. The van der Waals surface area contributed by atoms with Crippen molar-refractivity contribution in [2.45, 2.75) is 45.2 Å². The van der Waals surface area contributed by atoms with Crippen LogP contribution in [0.1, 0.15) is 37.8 Å². The fraction of sp³-hybridized carbons (Fsp3) is 0.667. The molecule has 3 aliphatic rings. The SMILES string of the molecule is CN=C(NCC1C2Cc3ccccc3C12)NC1CN(C(C)C)CC1C. The van der Waals surface area contributed by atoms with Crippen molar-refractivity contribution in [1.29, 1.82) is 0 Å². The second-order valence-corrected chi connectivity index (χ2v) is 8.49. The third kappa shape index (κ3) is 3.17. The predicted octanol–water partition coefficient (Wildman–Crippen LogP) is 2.47. The quantitative estimate of drug-likeness (QED) is 0.653. The number of benzene rings is 1. The van der Waals surface area contributed by atoms with Gasteiger partial charge in [-0.05, 0) is 55.1 Å². The Labute approximate surface area is 152 Å². The van der Waals surface area contributed by atoms with Gasteiger partial charge in [-0.3, -0.25) is 9.89 Å². The molecule has 4 heteroatoms. The summed E-state index contributed by atoms with van der Waals surface area (Å²) in [5, 5.41) is 7.27. The summed E-state index contributed by atoms with van der Waals surface area (Å²) in [4.78, 5) is 7.02. The normalized spacial score (nSPS) is 34.1. The van der Waals surface area contributed by atoms with E-state index in [1.165, 1.54) is 13.0 Å². The Balaban J connectivity index is 1.29. The molecule has 1 saturated carbocycles. The van der Waals surface area contributed by atoms with Gasteiger partial charge in [-0.25, -0.2) is 0 Å². The van der Waals surface area contributed by atoms with Gasteiger partial charge in [0.2, 0.25) is 0 Å². The standard InChI is InChI=1S/C21H32N4/c1-13(2)25-11-14(3)19(12-25)24-21(22-4)23-10-18-17-9-15-7-5-6-8-16(15)20(17)18/h5-8,13-14,17-20H,9-12H2,1-4H3,(H2,22,23,24). The van der Waals surface area contributed by atoms with Crippen molar-refractivity contribution in [3.05, 3.63) is 35.4 Å². The summed E-state index contributed by atoms with van der Waals surface area (Å²) in [6, 6.07) is 10.1. The zero-order valence-electron chi connectivity index (χ0n) is 16.0. The molecule has 25 heavy (non-hydrogen) atoms. The van der Waals surface area contributed by atoms with E-state index < -0.39 is 0 Å². The first-order chi connectivity index (χ1) is 12.1. The summed E-state index contributed by atoms with van der Waals surface area (Å²) < 4.78 is 0. The fourth-order valence-electron chi connectivity index (χ4n) is 4.96. The number of nitrogens with zero attached hydrogens (tertiary/aromatic N) is 2. The molecule has 136 valence electrons. The summed E-state index contributed by atoms with van der Waals surface area (Å²) >= 11 is 0. The Hall–Kier alpha value is -1.55. The number of aliphatic imine (C=N–C) groups is 1. The fourth-order valence-corrected chi connectivity index (χ4v) is 4.96. The molecule has 1 saturated heterocycles. The highest BCUT2D eigenvalue weighted by atomic mass is 15.3. The first kappa shape index (κ1) is 16.9. The van der Waals surface area contributed by atoms with Crippen LogP contribution in [0.3, 0.4) is 0 Å². The highest BCUT2D eigenvalue weighted by molar-refractivity contribution is 5.80. The lowest BCUT2D eigenvalue weighted by Gasteiger charge is -2.22. The molecule has 5 unspecified atom stereocenters. The summed E-state index contributed by atoms with van der Waals surface area (Å²) in [6.07, 6.45) is 1.27. The number of rotatable bonds is 4. The maximum Gasteiger partial charge on any atom is 0.191 e. The van der Waals surface area contributed by atoms with Gasteiger partial charge >= 0.3 is 0 Å². The molecule has 1 heterocycles. The number of fused-ring (bicyclic) bond motifs is 3. The maximum absolute atomic E-state index is 4.47. The van der Waals surface area contributed by atoms with Crippen molar-refractivity contribution in [2.75, 3.05) is 26.7 Å².